The number of H-pyrrole nitrogens is 1. The molecule has 20 heavy (non-hydrogen) atoms. The van der Waals surface area contributed by atoms with Crippen LogP contribution in [0.4, 0.5) is 0 Å². The number of nitrogens with one attached hydrogen (secondary N) is 1. The molecule has 0 fully saturated rings. The van der Waals surface area contributed by atoms with Crippen LogP contribution < -0.4 is 5.56 Å². The van der Waals surface area contributed by atoms with Crippen LogP contribution in [0.15, 0.2) is 28.2 Å². The second-order valence-electron chi connectivity index (χ2n) is 4.23. The molecule has 3 nitrogen and oxygen atoms in total. The molecule has 0 saturated heterocycles. The van der Waals surface area contributed by atoms with Gasteiger partial charge in [0.25, 0.3) is 5.56 Å². The van der Waals surface area contributed by atoms with Crippen molar-refractivity contribution in [3.63, 3.8) is 0 Å². The lowest BCUT2D eigenvalue weighted by Crippen LogP contribution is -2.18. The average Bonchev–Trinajstić information content (AvgIpc) is 2.42. The summed E-state index contributed by atoms with van der Waals surface area (Å²) >= 11 is 13.8. The third-order valence-electron chi connectivity index (χ3n) is 3.03. The van der Waals surface area contributed by atoms with Gasteiger partial charge in [0.15, 0.2) is 5.16 Å². The van der Waals surface area contributed by atoms with Crippen LogP contribution in [0.3, 0.4) is 0 Å². The fourth-order valence-corrected chi connectivity index (χ4v) is 2.93. The van der Waals surface area contributed by atoms with E-state index in [1.54, 1.807) is 18.2 Å². The SMILES string of the molecule is CCc1c(Cc2c(Cl)cccc2Cl)nc(SC)[nH]c1=O. The van der Waals surface area contributed by atoms with Gasteiger partial charge in [-0.2, -0.15) is 0 Å². The first-order valence-corrected chi connectivity index (χ1v) is 8.13. The monoisotopic (exact) mass is 328 g/mol. The molecule has 0 saturated carbocycles. The number of hydrogen-bond donors (Lipinski definition) is 1. The lowest BCUT2D eigenvalue weighted by Gasteiger charge is -2.10. The Hall–Kier alpha value is -0.970. The Kier molecular flexibility index (Phi) is 5.13. The third-order valence-corrected chi connectivity index (χ3v) is 4.32. The highest BCUT2D eigenvalue weighted by Gasteiger charge is 2.14. The molecule has 1 aromatic carbocycles. The summed E-state index contributed by atoms with van der Waals surface area (Å²) in [5, 5.41) is 1.78. The Morgan fingerprint density at radius 2 is 1.90 bits per heavy atom. The van der Waals surface area contributed by atoms with Gasteiger partial charge < -0.3 is 4.98 Å². The quantitative estimate of drug-likeness (QED) is 0.682. The van der Waals surface area contributed by atoms with Crippen LogP contribution in [0.1, 0.15) is 23.7 Å². The van der Waals surface area contributed by atoms with Crippen molar-refractivity contribution in [1.82, 2.24) is 9.97 Å². The third kappa shape index (κ3) is 3.19. The first-order chi connectivity index (χ1) is 9.56. The lowest BCUT2D eigenvalue weighted by molar-refractivity contribution is 0.836. The number of rotatable bonds is 4. The van der Waals surface area contributed by atoms with Crippen molar-refractivity contribution in [2.24, 2.45) is 0 Å². The summed E-state index contributed by atoms with van der Waals surface area (Å²) in [4.78, 5) is 19.3. The Morgan fingerprint density at radius 1 is 1.25 bits per heavy atom. The number of thioether (sulfide) groups is 1. The van der Waals surface area contributed by atoms with Gasteiger partial charge in [-0.1, -0.05) is 48.0 Å². The van der Waals surface area contributed by atoms with Gasteiger partial charge in [-0.05, 0) is 30.4 Å². The highest BCUT2D eigenvalue weighted by Crippen LogP contribution is 2.27. The van der Waals surface area contributed by atoms with E-state index in [-0.39, 0.29) is 5.56 Å². The normalized spacial score (nSPS) is 10.8. The second kappa shape index (κ2) is 6.66. The molecule has 0 amide bonds. The molecule has 0 unspecified atom stereocenters. The van der Waals surface area contributed by atoms with Crippen molar-refractivity contribution >= 4 is 35.0 Å². The van der Waals surface area contributed by atoms with E-state index in [1.807, 2.05) is 13.2 Å². The predicted octanol–water partition coefficient (Wildman–Crippen LogP) is 3.95. The van der Waals surface area contributed by atoms with Crippen LogP contribution in [0.25, 0.3) is 0 Å². The van der Waals surface area contributed by atoms with Crippen LogP contribution in [-0.4, -0.2) is 16.2 Å². The van der Waals surface area contributed by atoms with E-state index >= 15 is 0 Å². The van der Waals surface area contributed by atoms with E-state index in [1.165, 1.54) is 11.8 Å². The van der Waals surface area contributed by atoms with Gasteiger partial charge in [-0.15, -0.1) is 0 Å². The molecule has 0 atom stereocenters. The van der Waals surface area contributed by atoms with Crippen molar-refractivity contribution in [3.8, 4) is 0 Å². The summed E-state index contributed by atoms with van der Waals surface area (Å²) in [7, 11) is 0. The molecule has 0 bridgehead atoms. The number of nitrogens with zero attached hydrogens (tertiary/aromatic N) is 1. The zero-order valence-corrected chi connectivity index (χ0v) is 13.5. The molecule has 2 aromatic rings. The average molecular weight is 329 g/mol. The van der Waals surface area contributed by atoms with Gasteiger partial charge in [0.1, 0.15) is 0 Å². The zero-order chi connectivity index (χ0) is 14.7. The fraction of sp³-hybridized carbons (Fsp3) is 0.286. The van der Waals surface area contributed by atoms with Gasteiger partial charge in [-0.25, -0.2) is 4.98 Å². The van der Waals surface area contributed by atoms with Gasteiger partial charge >= 0.3 is 0 Å². The molecule has 1 aromatic heterocycles. The lowest BCUT2D eigenvalue weighted by atomic mass is 10.0. The maximum absolute atomic E-state index is 12.0. The molecular weight excluding hydrogens is 315 g/mol. The molecule has 0 spiro atoms. The maximum Gasteiger partial charge on any atom is 0.254 e. The van der Waals surface area contributed by atoms with Gasteiger partial charge in [0.05, 0.1) is 5.69 Å². The number of hydrogen-bond acceptors (Lipinski definition) is 3. The molecule has 2 rings (SSSR count). The zero-order valence-electron chi connectivity index (χ0n) is 11.2. The minimum atomic E-state index is -0.0926. The number of benzene rings is 1. The molecular formula is C14H14Cl2N2OS. The van der Waals surface area contributed by atoms with E-state index < -0.39 is 0 Å². The van der Waals surface area contributed by atoms with Crippen LogP contribution in [0, 0.1) is 0 Å². The predicted molar refractivity (Wildman–Crippen MR) is 85.3 cm³/mol. The van der Waals surface area contributed by atoms with Crippen LogP contribution in [-0.2, 0) is 12.8 Å². The number of aromatic amines is 1. The van der Waals surface area contributed by atoms with Crippen molar-refractivity contribution in [2.75, 3.05) is 6.26 Å². The molecule has 1 heterocycles. The molecule has 0 aliphatic carbocycles. The second-order valence-corrected chi connectivity index (χ2v) is 5.84. The first kappa shape index (κ1) is 15.4. The van der Waals surface area contributed by atoms with E-state index in [0.29, 0.717) is 33.6 Å². The molecule has 106 valence electrons. The summed E-state index contributed by atoms with van der Waals surface area (Å²) in [6, 6.07) is 5.38. The molecule has 0 aliphatic rings. The molecule has 1 N–H and O–H groups in total. The Morgan fingerprint density at radius 3 is 2.45 bits per heavy atom. The standard InChI is InChI=1S/C14H14Cl2N2OS/c1-3-8-12(17-14(20-2)18-13(8)19)7-9-10(15)5-4-6-11(9)16/h4-6H,3,7H2,1-2H3,(H,17,18,19). The van der Waals surface area contributed by atoms with Gasteiger partial charge in [0, 0.05) is 22.0 Å². The molecule has 0 radical (unpaired) electrons. The Labute approximate surface area is 131 Å². The highest BCUT2D eigenvalue weighted by atomic mass is 35.5. The largest absolute Gasteiger partial charge is 0.301 e. The topological polar surface area (TPSA) is 45.8 Å². The smallest absolute Gasteiger partial charge is 0.254 e. The van der Waals surface area contributed by atoms with Crippen molar-refractivity contribution in [3.05, 3.63) is 55.4 Å². The highest BCUT2D eigenvalue weighted by molar-refractivity contribution is 7.98. The van der Waals surface area contributed by atoms with Crippen LogP contribution in [0.2, 0.25) is 10.0 Å². The first-order valence-electron chi connectivity index (χ1n) is 6.15. The summed E-state index contributed by atoms with van der Waals surface area (Å²) in [5.41, 5.74) is 2.12. The van der Waals surface area contributed by atoms with E-state index in [0.717, 1.165) is 11.3 Å². The van der Waals surface area contributed by atoms with Crippen LogP contribution >= 0.6 is 35.0 Å². The van der Waals surface area contributed by atoms with E-state index in [4.69, 9.17) is 23.2 Å². The number of halogens is 2. The van der Waals surface area contributed by atoms with Gasteiger partial charge in [-0.3, -0.25) is 4.79 Å². The summed E-state index contributed by atoms with van der Waals surface area (Å²) in [6.45, 7) is 1.93. The molecule has 6 heteroatoms. The minimum Gasteiger partial charge on any atom is -0.301 e. The van der Waals surface area contributed by atoms with Gasteiger partial charge in [0.2, 0.25) is 0 Å². The Bertz CT molecular complexity index is 665. The summed E-state index contributed by atoms with van der Waals surface area (Å²) < 4.78 is 0. The van der Waals surface area contributed by atoms with Crippen molar-refractivity contribution in [1.29, 1.82) is 0 Å². The Balaban J connectivity index is 2.52. The maximum atomic E-state index is 12.0. The molecule has 0 aliphatic heterocycles. The van der Waals surface area contributed by atoms with E-state index in [2.05, 4.69) is 9.97 Å². The fourth-order valence-electron chi connectivity index (χ4n) is 2.00. The summed E-state index contributed by atoms with van der Waals surface area (Å²) in [5.74, 6) is 0. The summed E-state index contributed by atoms with van der Waals surface area (Å²) in [6.07, 6.45) is 2.95. The van der Waals surface area contributed by atoms with Crippen molar-refractivity contribution in [2.45, 2.75) is 24.9 Å². The number of aromatic nitrogens is 2. The van der Waals surface area contributed by atoms with E-state index in [9.17, 15) is 4.79 Å². The van der Waals surface area contributed by atoms with Crippen LogP contribution in [0.5, 0.6) is 0 Å². The van der Waals surface area contributed by atoms with Crippen molar-refractivity contribution < 1.29 is 0 Å². The minimum absolute atomic E-state index is 0.0926.